The maximum Gasteiger partial charge on any atom is 0.251 e. The quantitative estimate of drug-likeness (QED) is 0.737. The molecule has 1 amide bonds. The Bertz CT molecular complexity index is 771. The van der Waals surface area contributed by atoms with Gasteiger partial charge in [0.2, 0.25) is 5.89 Å². The Labute approximate surface area is 160 Å². The summed E-state index contributed by atoms with van der Waals surface area (Å²) >= 11 is 0. The number of carbonyl (C=O) groups excluding carboxylic acids is 1. The van der Waals surface area contributed by atoms with Crippen LogP contribution in [0.1, 0.15) is 86.6 Å². The van der Waals surface area contributed by atoms with E-state index in [1.54, 1.807) is 13.8 Å². The van der Waals surface area contributed by atoms with E-state index in [1.807, 2.05) is 38.1 Å². The van der Waals surface area contributed by atoms with Crippen molar-refractivity contribution in [1.82, 2.24) is 15.5 Å². The summed E-state index contributed by atoms with van der Waals surface area (Å²) in [7, 11) is 0. The fraction of sp³-hybridized carbons (Fsp3) is 0.571. The summed E-state index contributed by atoms with van der Waals surface area (Å²) in [6.07, 6.45) is 3.66. The second kappa shape index (κ2) is 7.80. The molecule has 1 fully saturated rings. The minimum atomic E-state index is -0.691. The van der Waals surface area contributed by atoms with Crippen LogP contribution in [0.5, 0.6) is 0 Å². The fourth-order valence-electron chi connectivity index (χ4n) is 2.89. The van der Waals surface area contributed by atoms with Crippen molar-refractivity contribution in [1.29, 1.82) is 0 Å². The normalized spacial score (nSPS) is 15.8. The van der Waals surface area contributed by atoms with Crippen molar-refractivity contribution in [3.05, 3.63) is 47.1 Å². The van der Waals surface area contributed by atoms with E-state index in [2.05, 4.69) is 15.5 Å². The van der Waals surface area contributed by atoms with E-state index in [0.29, 0.717) is 23.8 Å². The van der Waals surface area contributed by atoms with E-state index < -0.39 is 5.60 Å². The van der Waals surface area contributed by atoms with Crippen molar-refractivity contribution in [3.63, 3.8) is 0 Å². The minimum absolute atomic E-state index is 0.132. The maximum atomic E-state index is 12.7. The molecule has 6 nitrogen and oxygen atoms in total. The maximum absolute atomic E-state index is 12.7. The smallest absolute Gasteiger partial charge is 0.251 e. The Balaban J connectivity index is 1.64. The van der Waals surface area contributed by atoms with Crippen molar-refractivity contribution < 1.29 is 14.4 Å². The Morgan fingerprint density at radius 2 is 1.96 bits per heavy atom. The number of benzene rings is 1. The van der Waals surface area contributed by atoms with Gasteiger partial charge in [0.15, 0.2) is 5.82 Å². The van der Waals surface area contributed by atoms with Crippen LogP contribution in [0.2, 0.25) is 0 Å². The highest BCUT2D eigenvalue weighted by atomic mass is 16.5. The molecular weight excluding hydrogens is 342 g/mol. The number of amides is 1. The lowest BCUT2D eigenvalue weighted by Crippen LogP contribution is -2.32. The minimum Gasteiger partial charge on any atom is -0.390 e. The van der Waals surface area contributed by atoms with Gasteiger partial charge in [-0.15, -0.1) is 0 Å². The molecule has 0 saturated heterocycles. The molecule has 0 spiro atoms. The van der Waals surface area contributed by atoms with Crippen LogP contribution >= 0.6 is 0 Å². The number of aliphatic hydroxyl groups is 1. The molecule has 2 N–H and O–H groups in total. The summed E-state index contributed by atoms with van der Waals surface area (Å²) in [6.45, 7) is 7.64. The van der Waals surface area contributed by atoms with Gasteiger partial charge in [0.25, 0.3) is 5.91 Å². The summed E-state index contributed by atoms with van der Waals surface area (Å²) in [5.41, 5.74) is 0.999. The second-order valence-corrected chi connectivity index (χ2v) is 8.47. The predicted molar refractivity (Wildman–Crippen MR) is 102 cm³/mol. The monoisotopic (exact) mass is 371 g/mol. The lowest BCUT2D eigenvalue weighted by molar-refractivity contribution is 0.0713. The third-order valence-electron chi connectivity index (χ3n) is 4.86. The Morgan fingerprint density at radius 3 is 2.52 bits per heavy atom. The van der Waals surface area contributed by atoms with E-state index in [1.165, 1.54) is 0 Å². The predicted octanol–water partition coefficient (Wildman–Crippen LogP) is 3.78. The summed E-state index contributed by atoms with van der Waals surface area (Å²) in [4.78, 5) is 17.2. The zero-order chi connectivity index (χ0) is 19.6. The van der Waals surface area contributed by atoms with E-state index in [-0.39, 0.29) is 17.9 Å². The van der Waals surface area contributed by atoms with Crippen molar-refractivity contribution in [2.24, 2.45) is 5.92 Å². The summed E-state index contributed by atoms with van der Waals surface area (Å²) in [6, 6.07) is 7.18. The third-order valence-corrected chi connectivity index (χ3v) is 4.86. The van der Waals surface area contributed by atoms with Gasteiger partial charge in [-0.1, -0.05) is 31.1 Å². The van der Waals surface area contributed by atoms with Crippen molar-refractivity contribution >= 4 is 5.91 Å². The van der Waals surface area contributed by atoms with Gasteiger partial charge in [-0.05, 0) is 63.1 Å². The Morgan fingerprint density at radius 1 is 1.30 bits per heavy atom. The first-order valence-corrected chi connectivity index (χ1v) is 9.68. The van der Waals surface area contributed by atoms with Gasteiger partial charge < -0.3 is 14.9 Å². The topological polar surface area (TPSA) is 88.2 Å². The number of nitrogens with one attached hydrogen (secondary N) is 1. The van der Waals surface area contributed by atoms with Gasteiger partial charge in [0, 0.05) is 11.5 Å². The zero-order valence-electron chi connectivity index (χ0n) is 16.5. The number of aryl methyl sites for hydroxylation is 1. The van der Waals surface area contributed by atoms with Crippen molar-refractivity contribution in [2.45, 2.75) is 70.9 Å². The SMILES string of the molecule is CC(C)C(NC(=O)c1ccc(CCC(C)(C)O)cc1)c1nc(C2CC2)no1. The molecule has 1 heterocycles. The van der Waals surface area contributed by atoms with Gasteiger partial charge in [-0.25, -0.2) is 0 Å². The van der Waals surface area contributed by atoms with Crippen molar-refractivity contribution in [2.75, 3.05) is 0 Å². The van der Waals surface area contributed by atoms with Gasteiger partial charge in [-0.2, -0.15) is 4.98 Å². The van der Waals surface area contributed by atoms with Crippen LogP contribution in [0.15, 0.2) is 28.8 Å². The Kier molecular flexibility index (Phi) is 5.65. The van der Waals surface area contributed by atoms with Crippen LogP contribution in [-0.2, 0) is 6.42 Å². The molecule has 1 atom stereocenters. The van der Waals surface area contributed by atoms with Crippen LogP contribution in [0.4, 0.5) is 0 Å². The van der Waals surface area contributed by atoms with Crippen LogP contribution < -0.4 is 5.32 Å². The summed E-state index contributed by atoms with van der Waals surface area (Å²) in [5, 5.41) is 16.9. The van der Waals surface area contributed by atoms with Gasteiger partial charge in [0.1, 0.15) is 6.04 Å². The number of hydrogen-bond donors (Lipinski definition) is 2. The second-order valence-electron chi connectivity index (χ2n) is 8.47. The summed E-state index contributed by atoms with van der Waals surface area (Å²) < 4.78 is 5.41. The van der Waals surface area contributed by atoms with E-state index in [9.17, 15) is 9.90 Å². The number of rotatable bonds is 8. The van der Waals surface area contributed by atoms with Gasteiger partial charge >= 0.3 is 0 Å². The lowest BCUT2D eigenvalue weighted by Gasteiger charge is -2.19. The molecule has 1 unspecified atom stereocenters. The highest BCUT2D eigenvalue weighted by Gasteiger charge is 2.31. The highest BCUT2D eigenvalue weighted by Crippen LogP contribution is 2.38. The van der Waals surface area contributed by atoms with Crippen LogP contribution in [0.3, 0.4) is 0 Å². The first kappa shape index (κ1) is 19.5. The Hall–Kier alpha value is -2.21. The molecule has 0 bridgehead atoms. The first-order valence-electron chi connectivity index (χ1n) is 9.68. The molecule has 0 aliphatic heterocycles. The van der Waals surface area contributed by atoms with Crippen molar-refractivity contribution in [3.8, 4) is 0 Å². The third kappa shape index (κ3) is 5.39. The number of hydrogen-bond acceptors (Lipinski definition) is 5. The van der Waals surface area contributed by atoms with Crippen LogP contribution in [0, 0.1) is 5.92 Å². The number of aromatic nitrogens is 2. The molecule has 1 saturated carbocycles. The van der Waals surface area contributed by atoms with E-state index >= 15 is 0 Å². The zero-order valence-corrected chi connectivity index (χ0v) is 16.5. The van der Waals surface area contributed by atoms with Gasteiger partial charge in [-0.3, -0.25) is 4.79 Å². The molecule has 3 rings (SSSR count). The molecule has 1 aliphatic rings. The molecule has 1 aromatic carbocycles. The highest BCUT2D eigenvalue weighted by molar-refractivity contribution is 5.94. The van der Waals surface area contributed by atoms with Crippen LogP contribution in [0.25, 0.3) is 0 Å². The molecule has 1 aromatic heterocycles. The van der Waals surface area contributed by atoms with E-state index in [0.717, 1.165) is 30.7 Å². The molecule has 1 aliphatic carbocycles. The van der Waals surface area contributed by atoms with Crippen LogP contribution in [-0.4, -0.2) is 26.8 Å². The van der Waals surface area contributed by atoms with E-state index in [4.69, 9.17) is 4.52 Å². The molecular formula is C21H29N3O3. The molecule has 2 aromatic rings. The number of nitrogens with zero attached hydrogens (tertiary/aromatic N) is 2. The fourth-order valence-corrected chi connectivity index (χ4v) is 2.89. The average Bonchev–Trinajstić information content (AvgIpc) is 3.35. The first-order chi connectivity index (χ1) is 12.7. The molecule has 0 radical (unpaired) electrons. The lowest BCUT2D eigenvalue weighted by atomic mass is 9.98. The number of carbonyl (C=O) groups is 1. The molecule has 6 heteroatoms. The largest absolute Gasteiger partial charge is 0.390 e. The van der Waals surface area contributed by atoms with Gasteiger partial charge in [0.05, 0.1) is 5.60 Å². The average molecular weight is 371 g/mol. The molecule has 27 heavy (non-hydrogen) atoms. The molecule has 146 valence electrons. The summed E-state index contributed by atoms with van der Waals surface area (Å²) in [5.74, 6) is 1.62. The standard InChI is InChI=1S/C21H29N3O3/c1-13(2)17(20-23-18(24-27-20)15-9-10-15)22-19(25)16-7-5-14(6-8-16)11-12-21(3,4)26/h5-8,13,15,17,26H,9-12H2,1-4H3,(H,22,25).